The number of ether oxygens (including phenoxy) is 18. The van der Waals surface area contributed by atoms with Crippen LogP contribution < -0.4 is 28.4 Å². The van der Waals surface area contributed by atoms with Crippen LogP contribution in [0, 0.1) is 0 Å². The van der Waals surface area contributed by atoms with Crippen molar-refractivity contribution >= 4 is 32.3 Å². The lowest BCUT2D eigenvalue weighted by Crippen LogP contribution is -2.13. The summed E-state index contributed by atoms with van der Waals surface area (Å²) in [5, 5.41) is 7.77. The first kappa shape index (κ1) is 75.9. The van der Waals surface area contributed by atoms with Gasteiger partial charge >= 0.3 is 0 Å². The Bertz CT molecular complexity index is 3330. The average Bonchev–Trinajstić information content (AvgIpc) is 0.750. The molecule has 0 aliphatic heterocycles. The monoisotopic (exact) mass is 1340 g/mol. The van der Waals surface area contributed by atoms with E-state index in [4.69, 9.17) is 85.3 Å². The zero-order valence-corrected chi connectivity index (χ0v) is 57.6. The maximum absolute atomic E-state index is 6.50. The Morgan fingerprint density at radius 3 is 1.03 bits per heavy atom. The number of rotatable bonds is 58. The van der Waals surface area contributed by atoms with Crippen LogP contribution in [0.2, 0.25) is 0 Å². The van der Waals surface area contributed by atoms with Gasteiger partial charge in [-0.1, -0.05) is 98.3 Å². The second-order valence-corrected chi connectivity index (χ2v) is 22.9. The van der Waals surface area contributed by atoms with Gasteiger partial charge in [-0.2, -0.15) is 0 Å². The molecular formula is C79H104O18. The van der Waals surface area contributed by atoms with Gasteiger partial charge in [0.1, 0.15) is 74.1 Å². The first-order valence-corrected chi connectivity index (χ1v) is 34.9. The van der Waals surface area contributed by atoms with Crippen LogP contribution in [0.5, 0.6) is 34.5 Å². The predicted octanol–water partition coefficient (Wildman–Crippen LogP) is 13.7. The topological polar surface area (TPSA) is 166 Å². The Hall–Kier alpha value is -6.88. The number of unbranched alkanes of at least 4 members (excludes halogenated alkanes) is 2. The highest BCUT2D eigenvalue weighted by Gasteiger charge is 2.14. The van der Waals surface area contributed by atoms with Crippen molar-refractivity contribution < 1.29 is 85.3 Å². The summed E-state index contributed by atoms with van der Waals surface area (Å²) in [5.41, 5.74) is 5.44. The van der Waals surface area contributed by atoms with E-state index in [0.29, 0.717) is 213 Å². The predicted molar refractivity (Wildman–Crippen MR) is 378 cm³/mol. The maximum Gasteiger partial charge on any atom is 0.123 e. The molecule has 18 heteroatoms. The molecule has 8 rings (SSSR count). The minimum Gasteiger partial charge on any atom is -0.491 e. The van der Waals surface area contributed by atoms with Crippen molar-refractivity contribution in [2.24, 2.45) is 0 Å². The summed E-state index contributed by atoms with van der Waals surface area (Å²) >= 11 is 0. The SMILES string of the molecule is CCOCCOCCOCCOc1cc(COc2cc(CC)cc(OCc3cc(OCCOCCOCCOCC)cc(OCCOCCOCCOCCc4ccc5ccc6cccc7ccc4c5c67)c3)c2)cc(OCCOCCOCCOCCCCCc2ccccc2)c1. The standard InChI is InChI=1S/C79H104O18/c1-4-63-52-75(96-61-65-54-71(92-48-44-88-40-36-84-30-28-80-5-2)58-73(56-65)94-50-46-90-42-38-86-34-32-82-26-12-8-11-16-64-14-9-7-10-15-64)60-76(53-63)97-62-66-55-72(93-49-45-89-41-37-85-31-29-81-6-3)59-74(57-66)95-51-47-91-43-39-87-35-33-83-27-25-67-19-20-70-22-21-68-17-13-18-69-23-24-77(67)79(70)78(68)69/h7,9-10,13-15,17-24,52-60H,4-6,8,11-12,16,25-51,61-62H2,1-3H3. The summed E-state index contributed by atoms with van der Waals surface area (Å²) in [6.45, 7) is 20.0. The number of hydrogen-bond donors (Lipinski definition) is 0. The van der Waals surface area contributed by atoms with Gasteiger partial charge in [0.2, 0.25) is 0 Å². The largest absolute Gasteiger partial charge is 0.491 e. The molecule has 0 saturated heterocycles. The Labute approximate surface area is 574 Å². The zero-order chi connectivity index (χ0) is 67.3. The fraction of sp³-hybridized carbons (Fsp3) is 0.494. The lowest BCUT2D eigenvalue weighted by Gasteiger charge is -2.16. The molecule has 0 heterocycles. The average molecular weight is 1340 g/mol. The highest BCUT2D eigenvalue weighted by molar-refractivity contribution is 6.23. The first-order valence-electron chi connectivity index (χ1n) is 34.9. The molecule has 0 aromatic heterocycles. The fourth-order valence-electron chi connectivity index (χ4n) is 10.8. The van der Waals surface area contributed by atoms with Crippen molar-refractivity contribution in [3.05, 3.63) is 167 Å². The van der Waals surface area contributed by atoms with E-state index in [9.17, 15) is 0 Å². The molecular weight excluding hydrogens is 1240 g/mol. The third-order valence-corrected chi connectivity index (χ3v) is 15.6. The molecule has 8 aromatic rings. The molecule has 0 atom stereocenters. The quantitative estimate of drug-likeness (QED) is 0.0261. The summed E-state index contributed by atoms with van der Waals surface area (Å²) in [6.07, 6.45) is 6.06. The van der Waals surface area contributed by atoms with E-state index >= 15 is 0 Å². The van der Waals surface area contributed by atoms with Crippen molar-refractivity contribution in [2.75, 3.05) is 185 Å². The van der Waals surface area contributed by atoms with Crippen LogP contribution in [0.15, 0.2) is 140 Å². The third kappa shape index (κ3) is 29.6. The molecule has 0 spiro atoms. The van der Waals surface area contributed by atoms with Gasteiger partial charge in [0, 0.05) is 38.0 Å². The summed E-state index contributed by atoms with van der Waals surface area (Å²) < 4.78 is 106. The fourth-order valence-corrected chi connectivity index (χ4v) is 10.8. The van der Waals surface area contributed by atoms with Crippen molar-refractivity contribution in [2.45, 2.75) is 72.5 Å². The van der Waals surface area contributed by atoms with Gasteiger partial charge in [-0.05, 0) is 142 Å². The summed E-state index contributed by atoms with van der Waals surface area (Å²) in [5.74, 6) is 3.81. The molecule has 8 aromatic carbocycles. The number of hydrogen-bond acceptors (Lipinski definition) is 18. The van der Waals surface area contributed by atoms with E-state index in [2.05, 4.69) is 91.9 Å². The number of aryl methyl sites for hydroxylation is 2. The third-order valence-electron chi connectivity index (χ3n) is 15.6. The Morgan fingerprint density at radius 2 is 0.598 bits per heavy atom. The Morgan fingerprint density at radius 1 is 0.237 bits per heavy atom. The molecule has 0 aliphatic rings. The van der Waals surface area contributed by atoms with E-state index in [1.807, 2.05) is 68.4 Å². The van der Waals surface area contributed by atoms with Gasteiger partial charge < -0.3 is 85.3 Å². The molecule has 0 fully saturated rings. The molecule has 0 unspecified atom stereocenters. The van der Waals surface area contributed by atoms with Crippen LogP contribution in [0.1, 0.15) is 67.9 Å². The highest BCUT2D eigenvalue weighted by atomic mass is 16.6. The minimum atomic E-state index is 0.236. The van der Waals surface area contributed by atoms with Gasteiger partial charge in [0.25, 0.3) is 0 Å². The lowest BCUT2D eigenvalue weighted by atomic mass is 9.91. The molecule has 0 radical (unpaired) electrons. The van der Waals surface area contributed by atoms with Gasteiger partial charge in [-0.15, -0.1) is 0 Å². The number of benzene rings is 8. The Balaban J connectivity index is 0.768. The normalized spacial score (nSPS) is 11.6. The molecule has 0 bridgehead atoms. The molecule has 0 amide bonds. The molecule has 18 nitrogen and oxygen atoms in total. The molecule has 0 N–H and O–H groups in total. The van der Waals surface area contributed by atoms with Crippen LogP contribution in [-0.4, -0.2) is 185 Å². The first-order chi connectivity index (χ1) is 48.0. The van der Waals surface area contributed by atoms with Crippen molar-refractivity contribution in [1.29, 1.82) is 0 Å². The van der Waals surface area contributed by atoms with E-state index in [1.54, 1.807) is 0 Å². The maximum atomic E-state index is 6.50. The summed E-state index contributed by atoms with van der Waals surface area (Å²) in [6, 6.07) is 48.0. The smallest absolute Gasteiger partial charge is 0.123 e. The van der Waals surface area contributed by atoms with Gasteiger partial charge in [0.15, 0.2) is 0 Å². The van der Waals surface area contributed by atoms with Crippen LogP contribution in [0.25, 0.3) is 32.3 Å². The second-order valence-electron chi connectivity index (χ2n) is 22.9. The van der Waals surface area contributed by atoms with Gasteiger partial charge in [-0.25, -0.2) is 0 Å². The summed E-state index contributed by atoms with van der Waals surface area (Å²) in [7, 11) is 0. The second kappa shape index (κ2) is 47.2. The van der Waals surface area contributed by atoms with E-state index in [0.717, 1.165) is 55.4 Å². The van der Waals surface area contributed by atoms with Gasteiger partial charge in [0.05, 0.1) is 139 Å². The van der Waals surface area contributed by atoms with Crippen LogP contribution >= 0.6 is 0 Å². The van der Waals surface area contributed by atoms with Crippen molar-refractivity contribution in [3.8, 4) is 34.5 Å². The van der Waals surface area contributed by atoms with Gasteiger partial charge in [-0.3, -0.25) is 0 Å². The highest BCUT2D eigenvalue weighted by Crippen LogP contribution is 2.36. The molecule has 0 saturated carbocycles. The summed E-state index contributed by atoms with van der Waals surface area (Å²) in [4.78, 5) is 0. The molecule has 528 valence electrons. The van der Waals surface area contributed by atoms with E-state index in [-0.39, 0.29) is 13.2 Å². The lowest BCUT2D eigenvalue weighted by molar-refractivity contribution is 0.00872. The molecule has 97 heavy (non-hydrogen) atoms. The van der Waals surface area contributed by atoms with Crippen molar-refractivity contribution in [1.82, 2.24) is 0 Å². The van der Waals surface area contributed by atoms with Crippen LogP contribution in [0.4, 0.5) is 0 Å². The van der Waals surface area contributed by atoms with E-state index < -0.39 is 0 Å². The van der Waals surface area contributed by atoms with Crippen LogP contribution in [-0.2, 0) is 89.3 Å². The zero-order valence-electron chi connectivity index (χ0n) is 57.6. The van der Waals surface area contributed by atoms with Crippen molar-refractivity contribution in [3.63, 3.8) is 0 Å². The van der Waals surface area contributed by atoms with Crippen LogP contribution in [0.3, 0.4) is 0 Å². The van der Waals surface area contributed by atoms with E-state index in [1.165, 1.54) is 49.9 Å². The molecule has 0 aliphatic carbocycles. The minimum absolute atomic E-state index is 0.236. The Kier molecular flexibility index (Phi) is 36.9.